The van der Waals surface area contributed by atoms with E-state index in [1.54, 1.807) is 12.1 Å². The fourth-order valence-corrected chi connectivity index (χ4v) is 2.11. The summed E-state index contributed by atoms with van der Waals surface area (Å²) < 4.78 is 27.8. The summed E-state index contributed by atoms with van der Waals surface area (Å²) in [7, 11) is 1.55. The highest BCUT2D eigenvalue weighted by Gasteiger charge is 2.16. The first-order chi connectivity index (χ1) is 6.95. The van der Waals surface area contributed by atoms with E-state index < -0.39 is 9.05 Å². The Morgan fingerprint density at radius 1 is 1.40 bits per heavy atom. The van der Waals surface area contributed by atoms with E-state index in [-0.39, 0.29) is 4.90 Å². The van der Waals surface area contributed by atoms with Crippen molar-refractivity contribution in [3.05, 3.63) is 23.8 Å². The van der Waals surface area contributed by atoms with Crippen molar-refractivity contribution in [3.63, 3.8) is 0 Å². The van der Waals surface area contributed by atoms with E-state index in [1.807, 2.05) is 13.8 Å². The third-order valence-corrected chi connectivity index (χ3v) is 3.18. The van der Waals surface area contributed by atoms with Crippen LogP contribution < -0.4 is 4.74 Å². The van der Waals surface area contributed by atoms with Gasteiger partial charge in [-0.05, 0) is 31.0 Å². The average molecular weight is 249 g/mol. The Balaban J connectivity index is 3.15. The highest BCUT2D eigenvalue weighted by Crippen LogP contribution is 2.27. The molecule has 0 saturated heterocycles. The van der Waals surface area contributed by atoms with Crippen molar-refractivity contribution in [2.45, 2.75) is 25.2 Å². The minimum Gasteiger partial charge on any atom is -0.492 e. The van der Waals surface area contributed by atoms with Gasteiger partial charge < -0.3 is 4.74 Å². The first-order valence-electron chi connectivity index (χ1n) is 4.63. The summed E-state index contributed by atoms with van der Waals surface area (Å²) in [6, 6.07) is 4.82. The normalized spacial score (nSPS) is 11.4. The van der Waals surface area contributed by atoms with Crippen molar-refractivity contribution in [3.8, 4) is 5.75 Å². The lowest BCUT2D eigenvalue weighted by Crippen LogP contribution is -2.01. The molecule has 0 saturated carbocycles. The van der Waals surface area contributed by atoms with E-state index in [4.69, 9.17) is 15.4 Å². The van der Waals surface area contributed by atoms with E-state index in [2.05, 4.69) is 0 Å². The molecule has 0 heterocycles. The Kier molecular flexibility index (Phi) is 3.99. The van der Waals surface area contributed by atoms with E-state index in [0.29, 0.717) is 12.4 Å². The third kappa shape index (κ3) is 3.39. The molecular weight excluding hydrogens is 236 g/mol. The number of ether oxygens (including phenoxy) is 1. The monoisotopic (exact) mass is 248 g/mol. The number of rotatable bonds is 4. The van der Waals surface area contributed by atoms with Gasteiger partial charge in [0.1, 0.15) is 10.6 Å². The molecule has 3 nitrogen and oxygen atoms in total. The minimum absolute atomic E-state index is 0.0308. The summed E-state index contributed by atoms with van der Waals surface area (Å²) in [6.07, 6.45) is 0.815. The maximum Gasteiger partial charge on any atom is 0.264 e. The smallest absolute Gasteiger partial charge is 0.264 e. The molecule has 1 aromatic rings. The van der Waals surface area contributed by atoms with Crippen molar-refractivity contribution in [1.82, 2.24) is 0 Å². The quantitative estimate of drug-likeness (QED) is 0.770. The zero-order valence-electron chi connectivity index (χ0n) is 8.66. The number of hydrogen-bond acceptors (Lipinski definition) is 3. The Labute approximate surface area is 94.4 Å². The van der Waals surface area contributed by atoms with Crippen LogP contribution in [0.15, 0.2) is 23.1 Å². The fourth-order valence-electron chi connectivity index (χ4n) is 1.14. The average Bonchev–Trinajstić information content (AvgIpc) is 2.12. The SMILES string of the molecule is CCCOc1cc(C)ccc1S(=O)(=O)Cl. The van der Waals surface area contributed by atoms with E-state index in [1.165, 1.54) is 6.07 Å². The zero-order valence-corrected chi connectivity index (χ0v) is 10.2. The molecule has 0 aliphatic carbocycles. The molecule has 1 aromatic carbocycles. The van der Waals surface area contributed by atoms with Crippen LogP contribution in [0, 0.1) is 6.92 Å². The Morgan fingerprint density at radius 3 is 2.60 bits per heavy atom. The van der Waals surface area contributed by atoms with Crippen molar-refractivity contribution >= 4 is 19.7 Å². The topological polar surface area (TPSA) is 43.4 Å². The largest absolute Gasteiger partial charge is 0.492 e. The van der Waals surface area contributed by atoms with Gasteiger partial charge in [0, 0.05) is 10.7 Å². The van der Waals surface area contributed by atoms with Crippen molar-refractivity contribution in [1.29, 1.82) is 0 Å². The molecule has 0 radical (unpaired) electrons. The van der Waals surface area contributed by atoms with Gasteiger partial charge in [0.25, 0.3) is 9.05 Å². The van der Waals surface area contributed by atoms with Crippen LogP contribution in [0.2, 0.25) is 0 Å². The molecule has 0 atom stereocenters. The van der Waals surface area contributed by atoms with Crippen LogP contribution in [-0.4, -0.2) is 15.0 Å². The highest BCUT2D eigenvalue weighted by molar-refractivity contribution is 8.13. The Bertz CT molecular complexity index is 440. The van der Waals surface area contributed by atoms with E-state index in [0.717, 1.165) is 12.0 Å². The zero-order chi connectivity index (χ0) is 11.5. The van der Waals surface area contributed by atoms with E-state index in [9.17, 15) is 8.42 Å². The van der Waals surface area contributed by atoms with Crippen molar-refractivity contribution in [2.24, 2.45) is 0 Å². The molecule has 15 heavy (non-hydrogen) atoms. The van der Waals surface area contributed by atoms with Crippen LogP contribution >= 0.6 is 10.7 Å². The van der Waals surface area contributed by atoms with Crippen LogP contribution in [0.4, 0.5) is 0 Å². The maximum absolute atomic E-state index is 11.2. The molecule has 0 fully saturated rings. The standard InChI is InChI=1S/C10H13ClO3S/c1-3-6-14-9-7-8(2)4-5-10(9)15(11,12)13/h4-5,7H,3,6H2,1-2H3. The lowest BCUT2D eigenvalue weighted by molar-refractivity contribution is 0.309. The first kappa shape index (κ1) is 12.3. The van der Waals surface area contributed by atoms with Gasteiger partial charge in [0.15, 0.2) is 0 Å². The number of hydrogen-bond donors (Lipinski definition) is 0. The maximum atomic E-state index is 11.2. The molecule has 0 amide bonds. The lowest BCUT2D eigenvalue weighted by Gasteiger charge is -2.09. The highest BCUT2D eigenvalue weighted by atomic mass is 35.7. The molecule has 1 rings (SSSR count). The molecule has 84 valence electrons. The number of benzene rings is 1. The van der Waals surface area contributed by atoms with Crippen LogP contribution in [0.1, 0.15) is 18.9 Å². The molecule has 0 aliphatic rings. The Morgan fingerprint density at radius 2 is 2.07 bits per heavy atom. The van der Waals surface area contributed by atoms with Gasteiger partial charge in [-0.3, -0.25) is 0 Å². The van der Waals surface area contributed by atoms with Gasteiger partial charge in [-0.15, -0.1) is 0 Å². The van der Waals surface area contributed by atoms with Crippen molar-refractivity contribution in [2.75, 3.05) is 6.61 Å². The summed E-state index contributed by atoms with van der Waals surface area (Å²) in [5, 5.41) is 0. The Hall–Kier alpha value is -0.740. The molecule has 0 N–H and O–H groups in total. The predicted molar refractivity (Wildman–Crippen MR) is 60.0 cm³/mol. The molecule has 5 heteroatoms. The summed E-state index contributed by atoms with van der Waals surface area (Å²) in [5.74, 6) is 0.326. The second-order valence-corrected chi connectivity index (χ2v) is 5.77. The molecule has 0 bridgehead atoms. The second kappa shape index (κ2) is 4.86. The van der Waals surface area contributed by atoms with Crippen LogP contribution in [0.25, 0.3) is 0 Å². The summed E-state index contributed by atoms with van der Waals surface area (Å²) >= 11 is 0. The predicted octanol–water partition coefficient (Wildman–Crippen LogP) is 2.71. The van der Waals surface area contributed by atoms with Crippen LogP contribution in [0.3, 0.4) is 0 Å². The summed E-state index contributed by atoms with van der Waals surface area (Å²) in [6.45, 7) is 4.29. The van der Waals surface area contributed by atoms with E-state index >= 15 is 0 Å². The number of aryl methyl sites for hydroxylation is 1. The van der Waals surface area contributed by atoms with Gasteiger partial charge in [0.2, 0.25) is 0 Å². The second-order valence-electron chi connectivity index (χ2n) is 3.24. The van der Waals surface area contributed by atoms with Crippen LogP contribution in [0.5, 0.6) is 5.75 Å². The van der Waals surface area contributed by atoms with Gasteiger partial charge in [-0.25, -0.2) is 8.42 Å². The molecule has 0 aliphatic heterocycles. The summed E-state index contributed by atoms with van der Waals surface area (Å²) in [5.41, 5.74) is 0.935. The molecule has 0 unspecified atom stereocenters. The molecule has 0 spiro atoms. The van der Waals surface area contributed by atoms with Crippen LogP contribution in [-0.2, 0) is 9.05 Å². The fraction of sp³-hybridized carbons (Fsp3) is 0.400. The molecule has 0 aromatic heterocycles. The number of halogens is 1. The van der Waals surface area contributed by atoms with Gasteiger partial charge >= 0.3 is 0 Å². The van der Waals surface area contributed by atoms with Crippen molar-refractivity contribution < 1.29 is 13.2 Å². The van der Waals surface area contributed by atoms with Gasteiger partial charge in [-0.1, -0.05) is 13.0 Å². The minimum atomic E-state index is -3.73. The van der Waals surface area contributed by atoms with Gasteiger partial charge in [-0.2, -0.15) is 0 Å². The lowest BCUT2D eigenvalue weighted by atomic mass is 10.2. The first-order valence-corrected chi connectivity index (χ1v) is 6.94. The van der Waals surface area contributed by atoms with Gasteiger partial charge in [0.05, 0.1) is 6.61 Å². The molecular formula is C10H13ClO3S. The summed E-state index contributed by atoms with van der Waals surface area (Å²) in [4.78, 5) is 0.0308. The third-order valence-electron chi connectivity index (χ3n) is 1.82.